The number of anilines is 1. The van der Waals surface area contributed by atoms with Crippen LogP contribution in [0.4, 0.5) is 5.69 Å². The molecule has 0 radical (unpaired) electrons. The Morgan fingerprint density at radius 3 is 2.41 bits per heavy atom. The van der Waals surface area contributed by atoms with E-state index in [9.17, 15) is 14.4 Å². The minimum atomic E-state index is -0.555. The summed E-state index contributed by atoms with van der Waals surface area (Å²) in [4.78, 5) is 36.2. The fourth-order valence-corrected chi connectivity index (χ4v) is 3.15. The number of amides is 1. The van der Waals surface area contributed by atoms with E-state index in [1.807, 2.05) is 36.4 Å². The average molecular weight is 289 g/mol. The molecule has 3 aromatic carbocycles. The van der Waals surface area contributed by atoms with Crippen LogP contribution in [-0.4, -0.2) is 17.5 Å². The normalized spacial score (nSPS) is 13.1. The molecule has 1 N–H and O–H groups in total. The maximum Gasteiger partial charge on any atom is 0.236 e. The number of hydrogen-bond acceptors (Lipinski definition) is 3. The molecule has 0 bridgehead atoms. The largest absolute Gasteiger partial charge is 0.326 e. The van der Waals surface area contributed by atoms with E-state index in [1.165, 1.54) is 6.92 Å². The molecule has 3 aromatic rings. The van der Waals surface area contributed by atoms with Gasteiger partial charge in [0.1, 0.15) is 0 Å². The summed E-state index contributed by atoms with van der Waals surface area (Å²) in [6.45, 7) is 1.37. The lowest BCUT2D eigenvalue weighted by Gasteiger charge is -2.09. The molecule has 0 heterocycles. The number of ketones is 2. The average Bonchev–Trinajstić information content (AvgIpc) is 2.76. The van der Waals surface area contributed by atoms with Gasteiger partial charge in [0.2, 0.25) is 17.5 Å². The number of carbonyl (C=O) groups excluding carboxylic acids is 3. The third kappa shape index (κ3) is 1.55. The maximum absolute atomic E-state index is 12.5. The Morgan fingerprint density at radius 1 is 0.909 bits per heavy atom. The summed E-state index contributed by atoms with van der Waals surface area (Å²) in [6.07, 6.45) is 0. The predicted octanol–water partition coefficient (Wildman–Crippen LogP) is 3.33. The van der Waals surface area contributed by atoms with Gasteiger partial charge in [-0.1, -0.05) is 30.3 Å². The fraction of sp³-hybridized carbons (Fsp3) is 0.0556. The molecule has 4 rings (SSSR count). The Hall–Kier alpha value is -3.01. The zero-order valence-electron chi connectivity index (χ0n) is 11.8. The van der Waals surface area contributed by atoms with Gasteiger partial charge in [-0.3, -0.25) is 14.4 Å². The third-order valence-electron chi connectivity index (χ3n) is 4.00. The molecule has 0 aromatic heterocycles. The number of nitrogens with one attached hydrogen (secondary N) is 1. The van der Waals surface area contributed by atoms with Crippen LogP contribution in [0.5, 0.6) is 0 Å². The quantitative estimate of drug-likeness (QED) is 0.552. The molecular formula is C18H11NO3. The number of rotatable bonds is 1. The van der Waals surface area contributed by atoms with Crippen molar-refractivity contribution in [1.29, 1.82) is 0 Å². The maximum atomic E-state index is 12.5. The molecular weight excluding hydrogens is 278 g/mol. The van der Waals surface area contributed by atoms with Crippen molar-refractivity contribution in [3.8, 4) is 0 Å². The zero-order chi connectivity index (χ0) is 15.4. The molecule has 1 aliphatic rings. The molecule has 0 aliphatic heterocycles. The second-order valence-electron chi connectivity index (χ2n) is 5.40. The molecule has 0 spiro atoms. The number of fused-ring (bicyclic) bond motifs is 2. The Bertz CT molecular complexity index is 1020. The van der Waals surface area contributed by atoms with Crippen LogP contribution in [0, 0.1) is 0 Å². The lowest BCUT2D eigenvalue weighted by Crippen LogP contribution is -2.12. The highest BCUT2D eigenvalue weighted by Gasteiger charge is 2.34. The Balaban J connectivity index is 2.20. The van der Waals surface area contributed by atoms with Crippen LogP contribution in [0.1, 0.15) is 27.6 Å². The molecule has 4 heteroatoms. The first-order valence-corrected chi connectivity index (χ1v) is 6.93. The van der Waals surface area contributed by atoms with Crippen molar-refractivity contribution in [2.45, 2.75) is 6.92 Å². The van der Waals surface area contributed by atoms with Gasteiger partial charge in [0.25, 0.3) is 0 Å². The highest BCUT2D eigenvalue weighted by Crippen LogP contribution is 2.39. The van der Waals surface area contributed by atoms with Crippen molar-refractivity contribution in [3.63, 3.8) is 0 Å². The van der Waals surface area contributed by atoms with Crippen molar-refractivity contribution in [1.82, 2.24) is 0 Å². The van der Waals surface area contributed by atoms with Gasteiger partial charge in [-0.2, -0.15) is 0 Å². The van der Waals surface area contributed by atoms with Crippen molar-refractivity contribution >= 4 is 44.7 Å². The molecule has 1 aliphatic carbocycles. The molecule has 22 heavy (non-hydrogen) atoms. The second kappa shape index (κ2) is 4.24. The number of carbonyl (C=O) groups is 3. The number of hydrogen-bond donors (Lipinski definition) is 1. The summed E-state index contributed by atoms with van der Waals surface area (Å²) in [7, 11) is 0. The molecule has 0 saturated carbocycles. The van der Waals surface area contributed by atoms with E-state index in [-0.39, 0.29) is 5.91 Å². The molecule has 0 atom stereocenters. The molecule has 0 fully saturated rings. The lowest BCUT2D eigenvalue weighted by atomic mass is 9.97. The first-order chi connectivity index (χ1) is 10.6. The summed E-state index contributed by atoms with van der Waals surface area (Å²) in [5.41, 5.74) is 1.14. The van der Waals surface area contributed by atoms with Crippen molar-refractivity contribution in [2.75, 3.05) is 5.32 Å². The van der Waals surface area contributed by atoms with E-state index in [4.69, 9.17) is 0 Å². The van der Waals surface area contributed by atoms with Crippen molar-refractivity contribution < 1.29 is 14.4 Å². The summed E-state index contributed by atoms with van der Waals surface area (Å²) in [6, 6.07) is 13.0. The molecule has 4 nitrogen and oxygen atoms in total. The lowest BCUT2D eigenvalue weighted by molar-refractivity contribution is -0.114. The fourth-order valence-electron chi connectivity index (χ4n) is 3.15. The van der Waals surface area contributed by atoms with E-state index in [0.717, 1.165) is 16.2 Å². The van der Waals surface area contributed by atoms with Gasteiger partial charge in [-0.15, -0.1) is 0 Å². The van der Waals surface area contributed by atoms with Gasteiger partial charge in [-0.25, -0.2) is 0 Å². The highest BCUT2D eigenvalue weighted by molar-refractivity contribution is 6.60. The van der Waals surface area contributed by atoms with Crippen LogP contribution in [0.25, 0.3) is 21.5 Å². The smallest absolute Gasteiger partial charge is 0.236 e. The Labute approximate surface area is 125 Å². The van der Waals surface area contributed by atoms with Crippen LogP contribution in [-0.2, 0) is 4.79 Å². The van der Waals surface area contributed by atoms with Gasteiger partial charge in [0.15, 0.2) is 0 Å². The van der Waals surface area contributed by atoms with Crippen molar-refractivity contribution in [3.05, 3.63) is 53.6 Å². The van der Waals surface area contributed by atoms with Crippen LogP contribution < -0.4 is 5.32 Å². The zero-order valence-corrected chi connectivity index (χ0v) is 11.8. The van der Waals surface area contributed by atoms with Crippen molar-refractivity contribution in [2.24, 2.45) is 0 Å². The first kappa shape index (κ1) is 12.7. The highest BCUT2D eigenvalue weighted by atomic mass is 16.2. The summed E-state index contributed by atoms with van der Waals surface area (Å²) < 4.78 is 0. The van der Waals surface area contributed by atoms with Gasteiger partial charge >= 0.3 is 0 Å². The second-order valence-corrected chi connectivity index (χ2v) is 5.40. The Kier molecular flexibility index (Phi) is 2.45. The van der Waals surface area contributed by atoms with E-state index in [2.05, 4.69) is 5.32 Å². The van der Waals surface area contributed by atoms with Crippen LogP contribution >= 0.6 is 0 Å². The predicted molar refractivity (Wildman–Crippen MR) is 84.4 cm³/mol. The van der Waals surface area contributed by atoms with Crippen LogP contribution in [0.3, 0.4) is 0 Å². The Morgan fingerprint density at radius 2 is 1.64 bits per heavy atom. The van der Waals surface area contributed by atoms with E-state index >= 15 is 0 Å². The van der Waals surface area contributed by atoms with Crippen LogP contribution in [0.2, 0.25) is 0 Å². The summed E-state index contributed by atoms with van der Waals surface area (Å²) in [5, 5.41) is 5.80. The monoisotopic (exact) mass is 289 g/mol. The van der Waals surface area contributed by atoms with E-state index in [1.54, 1.807) is 6.07 Å². The van der Waals surface area contributed by atoms with Crippen LogP contribution in [0.15, 0.2) is 42.5 Å². The number of benzene rings is 3. The molecule has 106 valence electrons. The molecule has 0 saturated heterocycles. The van der Waals surface area contributed by atoms with Gasteiger partial charge in [0.05, 0.1) is 11.3 Å². The van der Waals surface area contributed by atoms with Gasteiger partial charge in [-0.05, 0) is 28.3 Å². The SMILES string of the molecule is CC(=O)Nc1ccc2cc3ccccc3c3c2c1C(=O)C3=O. The summed E-state index contributed by atoms with van der Waals surface area (Å²) in [5.74, 6) is -1.33. The van der Waals surface area contributed by atoms with E-state index in [0.29, 0.717) is 22.2 Å². The van der Waals surface area contributed by atoms with Gasteiger partial charge < -0.3 is 5.32 Å². The van der Waals surface area contributed by atoms with E-state index < -0.39 is 11.6 Å². The summed E-state index contributed by atoms with van der Waals surface area (Å²) >= 11 is 0. The standard InChI is InChI=1S/C18H11NO3/c1-9(20)19-13-7-6-11-8-10-4-2-3-5-12(10)15-14(11)16(13)18(22)17(15)21/h2-8H,1H3,(H,19,20). The number of Topliss-reactive ketones (excluding diaryl/α,β-unsaturated/α-hetero) is 2. The minimum absolute atomic E-state index is 0.273. The topological polar surface area (TPSA) is 63.2 Å². The molecule has 1 amide bonds. The molecule has 0 unspecified atom stereocenters. The first-order valence-electron chi connectivity index (χ1n) is 6.93. The third-order valence-corrected chi connectivity index (χ3v) is 4.00. The minimum Gasteiger partial charge on any atom is -0.326 e. The van der Waals surface area contributed by atoms with Gasteiger partial charge in [0, 0.05) is 17.9 Å².